The maximum Gasteiger partial charge on any atom is 0.212 e. The number of aromatic nitrogens is 1. The van der Waals surface area contributed by atoms with Crippen molar-refractivity contribution in [2.45, 2.75) is 38.3 Å². The van der Waals surface area contributed by atoms with Gasteiger partial charge in [-0.15, -0.1) is 0 Å². The Morgan fingerprint density at radius 2 is 2.39 bits per heavy atom. The summed E-state index contributed by atoms with van der Waals surface area (Å²) in [6, 6.07) is 3.93. The topological polar surface area (TPSA) is 43.4 Å². The molecule has 0 saturated carbocycles. The van der Waals surface area contributed by atoms with Gasteiger partial charge in [0.25, 0.3) is 0 Å². The van der Waals surface area contributed by atoms with Gasteiger partial charge in [0.2, 0.25) is 5.88 Å². The molecule has 0 spiro atoms. The van der Waals surface area contributed by atoms with E-state index < -0.39 is 0 Å². The van der Waals surface area contributed by atoms with Crippen molar-refractivity contribution in [1.29, 1.82) is 0 Å². The predicted molar refractivity (Wildman–Crippen MR) is 70.7 cm³/mol. The van der Waals surface area contributed by atoms with E-state index in [9.17, 15) is 0 Å². The summed E-state index contributed by atoms with van der Waals surface area (Å²) in [4.78, 5) is 4.18. The van der Waals surface area contributed by atoms with Crippen molar-refractivity contribution in [3.63, 3.8) is 0 Å². The number of hydrogen-bond donors (Lipinski definition) is 1. The Bertz CT molecular complexity index is 334. The summed E-state index contributed by atoms with van der Waals surface area (Å²) in [6.07, 6.45) is 7.16. The minimum Gasteiger partial charge on any atom is -0.481 e. The fourth-order valence-corrected chi connectivity index (χ4v) is 2.17. The van der Waals surface area contributed by atoms with Crippen LogP contribution < -0.4 is 10.1 Å². The largest absolute Gasteiger partial charge is 0.481 e. The van der Waals surface area contributed by atoms with Crippen LogP contribution in [0.15, 0.2) is 18.3 Å². The highest BCUT2D eigenvalue weighted by molar-refractivity contribution is 5.17. The summed E-state index contributed by atoms with van der Waals surface area (Å²) in [5.41, 5.74) is 1.18. The number of pyridine rings is 1. The van der Waals surface area contributed by atoms with E-state index in [1.54, 1.807) is 7.11 Å². The highest BCUT2D eigenvalue weighted by atomic mass is 16.5. The summed E-state index contributed by atoms with van der Waals surface area (Å²) in [5.74, 6) is 0.661. The molecule has 1 unspecified atom stereocenters. The van der Waals surface area contributed by atoms with Gasteiger partial charge in [0.1, 0.15) is 0 Å². The van der Waals surface area contributed by atoms with Crippen LogP contribution in [-0.2, 0) is 11.3 Å². The van der Waals surface area contributed by atoms with E-state index in [0.717, 1.165) is 26.1 Å². The first kappa shape index (κ1) is 13.3. The van der Waals surface area contributed by atoms with Crippen LogP contribution in [0.4, 0.5) is 0 Å². The van der Waals surface area contributed by atoms with Gasteiger partial charge in [-0.25, -0.2) is 4.98 Å². The second kappa shape index (κ2) is 7.34. The quantitative estimate of drug-likeness (QED) is 0.786. The maximum absolute atomic E-state index is 5.69. The number of ether oxygens (including phenoxy) is 2. The minimum absolute atomic E-state index is 0.459. The number of nitrogens with zero attached hydrogens (tertiary/aromatic N) is 1. The average Bonchev–Trinajstić information content (AvgIpc) is 2.45. The molecular weight excluding hydrogens is 228 g/mol. The zero-order chi connectivity index (χ0) is 12.6. The van der Waals surface area contributed by atoms with Crippen LogP contribution in [0.25, 0.3) is 0 Å². The lowest BCUT2D eigenvalue weighted by Crippen LogP contribution is -2.25. The van der Waals surface area contributed by atoms with Gasteiger partial charge in [0.15, 0.2) is 0 Å². The van der Waals surface area contributed by atoms with Gasteiger partial charge in [-0.1, -0.05) is 6.07 Å². The Morgan fingerprint density at radius 3 is 3.06 bits per heavy atom. The van der Waals surface area contributed by atoms with Crippen molar-refractivity contribution in [2.24, 2.45) is 0 Å². The first-order chi connectivity index (χ1) is 8.88. The molecule has 1 fully saturated rings. The van der Waals surface area contributed by atoms with Crippen LogP contribution >= 0.6 is 0 Å². The molecule has 0 bridgehead atoms. The first-order valence-electron chi connectivity index (χ1n) is 6.70. The van der Waals surface area contributed by atoms with Gasteiger partial charge in [0, 0.05) is 25.4 Å². The summed E-state index contributed by atoms with van der Waals surface area (Å²) in [7, 11) is 1.63. The molecule has 1 aromatic rings. The van der Waals surface area contributed by atoms with Gasteiger partial charge in [-0.3, -0.25) is 0 Å². The Morgan fingerprint density at radius 1 is 1.44 bits per heavy atom. The zero-order valence-corrected chi connectivity index (χ0v) is 11.0. The van der Waals surface area contributed by atoms with Crippen LogP contribution in [0.3, 0.4) is 0 Å². The summed E-state index contributed by atoms with van der Waals surface area (Å²) >= 11 is 0. The lowest BCUT2D eigenvalue weighted by molar-refractivity contribution is 0.0115. The van der Waals surface area contributed by atoms with E-state index in [1.165, 1.54) is 24.8 Å². The van der Waals surface area contributed by atoms with Gasteiger partial charge in [-0.05, 0) is 37.8 Å². The third-order valence-corrected chi connectivity index (χ3v) is 3.25. The lowest BCUT2D eigenvalue weighted by Gasteiger charge is -2.22. The Hall–Kier alpha value is -1.13. The van der Waals surface area contributed by atoms with Crippen LogP contribution in [0, 0.1) is 0 Å². The molecular formula is C14H22N2O2. The number of rotatable bonds is 6. The van der Waals surface area contributed by atoms with Gasteiger partial charge in [0.05, 0.1) is 13.2 Å². The molecule has 1 aliphatic heterocycles. The van der Waals surface area contributed by atoms with Gasteiger partial charge >= 0.3 is 0 Å². The predicted octanol–water partition coefficient (Wildman–Crippen LogP) is 2.14. The minimum atomic E-state index is 0.459. The summed E-state index contributed by atoms with van der Waals surface area (Å²) in [6.45, 7) is 2.79. The Balaban J connectivity index is 1.62. The van der Waals surface area contributed by atoms with Crippen LogP contribution in [0.5, 0.6) is 5.88 Å². The highest BCUT2D eigenvalue weighted by Gasteiger charge is 2.12. The third-order valence-electron chi connectivity index (χ3n) is 3.25. The molecule has 0 amide bonds. The molecule has 2 rings (SSSR count). The smallest absolute Gasteiger partial charge is 0.212 e. The maximum atomic E-state index is 5.69. The van der Waals surface area contributed by atoms with Gasteiger partial charge in [-0.2, -0.15) is 0 Å². The van der Waals surface area contributed by atoms with Crippen LogP contribution in [0.1, 0.15) is 31.2 Å². The summed E-state index contributed by atoms with van der Waals surface area (Å²) < 4.78 is 10.7. The van der Waals surface area contributed by atoms with Crippen LogP contribution in [0.2, 0.25) is 0 Å². The first-order valence-corrected chi connectivity index (χ1v) is 6.70. The fourth-order valence-electron chi connectivity index (χ4n) is 2.17. The molecule has 100 valence electrons. The normalized spacial score (nSPS) is 19.7. The average molecular weight is 250 g/mol. The summed E-state index contributed by atoms with van der Waals surface area (Å²) in [5, 5.41) is 3.43. The van der Waals surface area contributed by atoms with E-state index >= 15 is 0 Å². The fraction of sp³-hybridized carbons (Fsp3) is 0.643. The highest BCUT2D eigenvalue weighted by Crippen LogP contribution is 2.14. The Kier molecular flexibility index (Phi) is 5.42. The van der Waals surface area contributed by atoms with E-state index in [0.29, 0.717) is 12.0 Å². The molecule has 1 atom stereocenters. The molecule has 1 aliphatic rings. The standard InChI is InChI=1S/C14H22N2O2/c1-17-14-6-5-12(11-16-14)10-15-8-7-13-4-2-3-9-18-13/h5-6,11,13,15H,2-4,7-10H2,1H3. The molecule has 0 aromatic carbocycles. The molecule has 4 nitrogen and oxygen atoms in total. The van der Waals surface area contributed by atoms with Crippen molar-refractivity contribution < 1.29 is 9.47 Å². The van der Waals surface area contributed by atoms with Crippen molar-refractivity contribution in [2.75, 3.05) is 20.3 Å². The van der Waals surface area contributed by atoms with Crippen molar-refractivity contribution >= 4 is 0 Å². The second-order valence-corrected chi connectivity index (χ2v) is 4.66. The molecule has 1 aromatic heterocycles. The number of hydrogen-bond acceptors (Lipinski definition) is 4. The second-order valence-electron chi connectivity index (χ2n) is 4.66. The molecule has 4 heteroatoms. The zero-order valence-electron chi connectivity index (χ0n) is 11.0. The van der Waals surface area contributed by atoms with Crippen molar-refractivity contribution in [3.05, 3.63) is 23.9 Å². The molecule has 1 saturated heterocycles. The number of methoxy groups -OCH3 is 1. The van der Waals surface area contributed by atoms with E-state index in [2.05, 4.69) is 10.3 Å². The molecule has 0 radical (unpaired) electrons. The molecule has 1 N–H and O–H groups in total. The third kappa shape index (κ3) is 4.27. The van der Waals surface area contributed by atoms with E-state index in [4.69, 9.17) is 9.47 Å². The number of nitrogens with one attached hydrogen (secondary N) is 1. The van der Waals surface area contributed by atoms with Gasteiger partial charge < -0.3 is 14.8 Å². The van der Waals surface area contributed by atoms with Crippen molar-refractivity contribution in [3.8, 4) is 5.88 Å². The van der Waals surface area contributed by atoms with E-state index in [-0.39, 0.29) is 0 Å². The van der Waals surface area contributed by atoms with Crippen LogP contribution in [-0.4, -0.2) is 31.3 Å². The monoisotopic (exact) mass is 250 g/mol. The molecule has 0 aliphatic carbocycles. The lowest BCUT2D eigenvalue weighted by atomic mass is 10.1. The SMILES string of the molecule is COc1ccc(CNCCC2CCCCO2)cn1. The molecule has 18 heavy (non-hydrogen) atoms. The van der Waals surface area contributed by atoms with Crippen molar-refractivity contribution in [1.82, 2.24) is 10.3 Å². The molecule has 2 heterocycles. The Labute approximate surface area is 109 Å². The van der Waals surface area contributed by atoms with E-state index in [1.807, 2.05) is 18.3 Å².